The second kappa shape index (κ2) is 6.37. The maximum absolute atomic E-state index is 11.6. The van der Waals surface area contributed by atoms with Gasteiger partial charge in [-0.05, 0) is 43.4 Å². The van der Waals surface area contributed by atoms with E-state index >= 15 is 0 Å². The van der Waals surface area contributed by atoms with Crippen molar-refractivity contribution in [2.24, 2.45) is 0 Å². The summed E-state index contributed by atoms with van der Waals surface area (Å²) in [5.74, 6) is 0.403. The van der Waals surface area contributed by atoms with Gasteiger partial charge in [-0.25, -0.2) is 4.98 Å². The average Bonchev–Trinajstić information content (AvgIpc) is 2.40. The minimum atomic E-state index is -0.200. The minimum absolute atomic E-state index is 0.200. The summed E-state index contributed by atoms with van der Waals surface area (Å²) in [6.07, 6.45) is 2.09. The van der Waals surface area contributed by atoms with Gasteiger partial charge in [0.1, 0.15) is 0 Å². The highest BCUT2D eigenvalue weighted by Gasteiger charge is 2.09. The van der Waals surface area contributed by atoms with E-state index < -0.39 is 0 Å². The number of aromatic nitrogens is 1. The fraction of sp³-hybridized carbons (Fsp3) is 0.375. The van der Waals surface area contributed by atoms with Crippen molar-refractivity contribution in [3.05, 3.63) is 35.5 Å². The molecule has 1 aromatic heterocycles. The highest BCUT2D eigenvalue weighted by atomic mass is 16.5. The van der Waals surface area contributed by atoms with Gasteiger partial charge in [0.05, 0.1) is 19.6 Å². The Hall–Kier alpha value is -2.10. The van der Waals surface area contributed by atoms with Gasteiger partial charge < -0.3 is 9.47 Å². The van der Waals surface area contributed by atoms with E-state index in [-0.39, 0.29) is 5.97 Å². The van der Waals surface area contributed by atoms with E-state index in [1.54, 1.807) is 6.20 Å². The highest BCUT2D eigenvalue weighted by Crippen LogP contribution is 2.23. The number of nitrogens with zero attached hydrogens (tertiary/aromatic N) is 1. The number of hydrogen-bond donors (Lipinski definition) is 0. The maximum Gasteiger partial charge on any atom is 0.310 e. The molecule has 2 aromatic rings. The summed E-state index contributed by atoms with van der Waals surface area (Å²) < 4.78 is 10.4. The zero-order chi connectivity index (χ0) is 14.5. The molecule has 0 amide bonds. The minimum Gasteiger partial charge on any atom is -0.478 e. The first-order valence-corrected chi connectivity index (χ1v) is 6.81. The number of esters is 1. The lowest BCUT2D eigenvalue weighted by atomic mass is 10.0. The van der Waals surface area contributed by atoms with Gasteiger partial charge in [0.25, 0.3) is 0 Å². The second-order valence-corrected chi connectivity index (χ2v) is 4.56. The largest absolute Gasteiger partial charge is 0.478 e. The molecule has 0 radical (unpaired) electrons. The van der Waals surface area contributed by atoms with Crippen molar-refractivity contribution in [2.75, 3.05) is 13.2 Å². The van der Waals surface area contributed by atoms with Crippen molar-refractivity contribution >= 4 is 16.7 Å². The van der Waals surface area contributed by atoms with Crippen molar-refractivity contribution in [1.29, 1.82) is 0 Å². The van der Waals surface area contributed by atoms with E-state index in [9.17, 15) is 4.79 Å². The Labute approximate surface area is 118 Å². The Morgan fingerprint density at radius 1 is 1.15 bits per heavy atom. The van der Waals surface area contributed by atoms with E-state index in [2.05, 4.69) is 4.98 Å². The molecule has 1 heterocycles. The predicted molar refractivity (Wildman–Crippen MR) is 78.0 cm³/mol. The molecular weight excluding hydrogens is 254 g/mol. The van der Waals surface area contributed by atoms with Crippen LogP contribution in [0.25, 0.3) is 10.8 Å². The number of aryl methyl sites for hydroxylation is 1. The Balaban J connectivity index is 2.35. The van der Waals surface area contributed by atoms with Crippen molar-refractivity contribution in [3.63, 3.8) is 0 Å². The molecule has 0 unspecified atom stereocenters. The van der Waals surface area contributed by atoms with Crippen LogP contribution in [0.5, 0.6) is 5.88 Å². The average molecular weight is 273 g/mol. The van der Waals surface area contributed by atoms with Crippen LogP contribution in [0.15, 0.2) is 24.4 Å². The number of pyridine rings is 1. The molecule has 1 aromatic carbocycles. The number of hydrogen-bond acceptors (Lipinski definition) is 4. The van der Waals surface area contributed by atoms with Crippen LogP contribution < -0.4 is 4.74 Å². The maximum atomic E-state index is 11.6. The number of fused-ring (bicyclic) bond motifs is 1. The number of benzene rings is 1. The van der Waals surface area contributed by atoms with E-state index in [0.29, 0.717) is 25.5 Å². The molecule has 0 saturated carbocycles. The standard InChI is InChI=1S/C16H19NO3/c1-4-19-15-8-13-7-12(9-16(18)20-5-2)11(3)6-14(13)10-17-15/h6-8,10H,4-5,9H2,1-3H3. The summed E-state index contributed by atoms with van der Waals surface area (Å²) in [6.45, 7) is 6.72. The third-order valence-electron chi connectivity index (χ3n) is 3.08. The van der Waals surface area contributed by atoms with Crippen LogP contribution in [0, 0.1) is 6.92 Å². The molecule has 0 atom stereocenters. The van der Waals surface area contributed by atoms with Crippen LogP contribution in [0.4, 0.5) is 0 Å². The number of carbonyl (C=O) groups is 1. The molecule has 0 bridgehead atoms. The first kappa shape index (κ1) is 14.3. The molecule has 0 aliphatic rings. The quantitative estimate of drug-likeness (QED) is 0.786. The molecule has 0 aliphatic heterocycles. The van der Waals surface area contributed by atoms with Crippen molar-refractivity contribution < 1.29 is 14.3 Å². The Bertz CT molecular complexity index is 622. The molecule has 0 spiro atoms. The monoisotopic (exact) mass is 273 g/mol. The molecule has 106 valence electrons. The predicted octanol–water partition coefficient (Wildman–Crippen LogP) is 3.05. The van der Waals surface area contributed by atoms with E-state index in [0.717, 1.165) is 21.9 Å². The van der Waals surface area contributed by atoms with Crippen molar-refractivity contribution in [3.8, 4) is 5.88 Å². The van der Waals surface area contributed by atoms with Gasteiger partial charge in [0.2, 0.25) is 5.88 Å². The van der Waals surface area contributed by atoms with Crippen LogP contribution in [0.1, 0.15) is 25.0 Å². The fourth-order valence-electron chi connectivity index (χ4n) is 2.12. The van der Waals surface area contributed by atoms with Crippen LogP contribution >= 0.6 is 0 Å². The normalized spacial score (nSPS) is 10.6. The van der Waals surface area contributed by atoms with Gasteiger partial charge in [-0.2, -0.15) is 0 Å². The van der Waals surface area contributed by atoms with Gasteiger partial charge >= 0.3 is 5.97 Å². The van der Waals surface area contributed by atoms with Crippen LogP contribution in [0.3, 0.4) is 0 Å². The molecule has 2 rings (SSSR count). The zero-order valence-corrected chi connectivity index (χ0v) is 12.1. The molecule has 0 fully saturated rings. The first-order valence-electron chi connectivity index (χ1n) is 6.81. The summed E-state index contributed by atoms with van der Waals surface area (Å²) in [7, 11) is 0. The molecule has 4 nitrogen and oxygen atoms in total. The van der Waals surface area contributed by atoms with Crippen molar-refractivity contribution in [1.82, 2.24) is 4.98 Å². The van der Waals surface area contributed by atoms with Gasteiger partial charge in [-0.15, -0.1) is 0 Å². The lowest BCUT2D eigenvalue weighted by Gasteiger charge is -2.09. The van der Waals surface area contributed by atoms with E-state index in [1.165, 1.54) is 0 Å². The lowest BCUT2D eigenvalue weighted by molar-refractivity contribution is -0.142. The fourth-order valence-corrected chi connectivity index (χ4v) is 2.12. The Kier molecular flexibility index (Phi) is 4.56. The molecule has 0 saturated heterocycles. The molecule has 4 heteroatoms. The first-order chi connectivity index (χ1) is 9.63. The zero-order valence-electron chi connectivity index (χ0n) is 12.1. The third-order valence-corrected chi connectivity index (χ3v) is 3.08. The van der Waals surface area contributed by atoms with Gasteiger partial charge in [0.15, 0.2) is 0 Å². The summed E-state index contributed by atoms with van der Waals surface area (Å²) in [5, 5.41) is 2.06. The van der Waals surface area contributed by atoms with Crippen LogP contribution in [0.2, 0.25) is 0 Å². The van der Waals surface area contributed by atoms with Crippen molar-refractivity contribution in [2.45, 2.75) is 27.2 Å². The number of rotatable bonds is 5. The van der Waals surface area contributed by atoms with Gasteiger partial charge in [-0.1, -0.05) is 6.07 Å². The Morgan fingerprint density at radius 3 is 2.65 bits per heavy atom. The highest BCUT2D eigenvalue weighted by molar-refractivity contribution is 5.85. The smallest absolute Gasteiger partial charge is 0.310 e. The van der Waals surface area contributed by atoms with E-state index in [1.807, 2.05) is 39.0 Å². The van der Waals surface area contributed by atoms with Crippen LogP contribution in [-0.4, -0.2) is 24.2 Å². The Morgan fingerprint density at radius 2 is 1.95 bits per heavy atom. The third kappa shape index (κ3) is 3.26. The van der Waals surface area contributed by atoms with E-state index in [4.69, 9.17) is 9.47 Å². The number of ether oxygens (including phenoxy) is 2. The summed E-state index contributed by atoms with van der Waals surface area (Å²) >= 11 is 0. The van der Waals surface area contributed by atoms with Gasteiger partial charge in [0, 0.05) is 17.6 Å². The summed E-state index contributed by atoms with van der Waals surface area (Å²) in [5.41, 5.74) is 2.04. The summed E-state index contributed by atoms with van der Waals surface area (Å²) in [4.78, 5) is 15.9. The molecule has 0 aliphatic carbocycles. The number of carbonyl (C=O) groups excluding carboxylic acids is 1. The van der Waals surface area contributed by atoms with Gasteiger partial charge in [-0.3, -0.25) is 4.79 Å². The van der Waals surface area contributed by atoms with Crippen LogP contribution in [-0.2, 0) is 16.0 Å². The molecule has 0 N–H and O–H groups in total. The molecule has 20 heavy (non-hydrogen) atoms. The second-order valence-electron chi connectivity index (χ2n) is 4.56. The lowest BCUT2D eigenvalue weighted by Crippen LogP contribution is -2.08. The topological polar surface area (TPSA) is 48.4 Å². The molecular formula is C16H19NO3. The SMILES string of the molecule is CCOC(=O)Cc1cc2cc(OCC)ncc2cc1C. The summed E-state index contributed by atoms with van der Waals surface area (Å²) in [6, 6.07) is 5.94.